The van der Waals surface area contributed by atoms with Gasteiger partial charge in [-0.1, -0.05) is 29.8 Å². The van der Waals surface area contributed by atoms with E-state index < -0.39 is 12.0 Å². The molecule has 6 nitrogen and oxygen atoms in total. The van der Waals surface area contributed by atoms with Crippen molar-refractivity contribution >= 4 is 41.1 Å². The van der Waals surface area contributed by atoms with Crippen LogP contribution in [0.15, 0.2) is 24.3 Å². The number of carbonyl (C=O) groups is 3. The number of carboxylic acids is 1. The number of thioether (sulfide) groups is 1. The molecule has 1 fully saturated rings. The van der Waals surface area contributed by atoms with Gasteiger partial charge in [-0.3, -0.25) is 14.4 Å². The number of rotatable bonds is 5. The van der Waals surface area contributed by atoms with Crippen LogP contribution >= 0.6 is 23.4 Å². The molecule has 118 valence electrons. The SMILES string of the molecule is O=C(O)CSCC(=O)N1CCNC(=O)C1c1ccccc1Cl. The summed E-state index contributed by atoms with van der Waals surface area (Å²) in [7, 11) is 0. The topological polar surface area (TPSA) is 86.7 Å². The highest BCUT2D eigenvalue weighted by atomic mass is 35.5. The number of halogens is 1. The van der Waals surface area contributed by atoms with Crippen LogP contribution in [0.2, 0.25) is 5.02 Å². The summed E-state index contributed by atoms with van der Waals surface area (Å²) < 4.78 is 0. The fourth-order valence-corrected chi connectivity index (χ4v) is 3.11. The minimum Gasteiger partial charge on any atom is -0.481 e. The number of nitrogens with zero attached hydrogens (tertiary/aromatic N) is 1. The van der Waals surface area contributed by atoms with E-state index in [2.05, 4.69) is 5.32 Å². The van der Waals surface area contributed by atoms with Crippen LogP contribution in [0.5, 0.6) is 0 Å². The first-order valence-corrected chi connectivity index (χ1v) is 8.15. The van der Waals surface area contributed by atoms with Gasteiger partial charge in [0.05, 0.1) is 11.5 Å². The third-order valence-corrected chi connectivity index (χ3v) is 4.43. The van der Waals surface area contributed by atoms with Gasteiger partial charge in [-0.2, -0.15) is 0 Å². The van der Waals surface area contributed by atoms with Gasteiger partial charge in [0.1, 0.15) is 6.04 Å². The van der Waals surface area contributed by atoms with E-state index >= 15 is 0 Å². The minimum absolute atomic E-state index is 0.0144. The summed E-state index contributed by atoms with van der Waals surface area (Å²) in [6.07, 6.45) is 0. The average molecular weight is 343 g/mol. The van der Waals surface area contributed by atoms with Crippen LogP contribution in [0.1, 0.15) is 11.6 Å². The molecule has 2 rings (SSSR count). The fourth-order valence-electron chi connectivity index (χ4n) is 2.25. The number of carbonyl (C=O) groups excluding carboxylic acids is 2. The lowest BCUT2D eigenvalue weighted by Gasteiger charge is -2.35. The molecule has 2 amide bonds. The molecular formula is C14H15ClN2O4S. The highest BCUT2D eigenvalue weighted by molar-refractivity contribution is 8.00. The zero-order chi connectivity index (χ0) is 16.1. The van der Waals surface area contributed by atoms with E-state index in [0.717, 1.165) is 11.8 Å². The van der Waals surface area contributed by atoms with Crippen molar-refractivity contribution in [2.24, 2.45) is 0 Å². The van der Waals surface area contributed by atoms with Crippen molar-refractivity contribution in [2.75, 3.05) is 24.6 Å². The largest absolute Gasteiger partial charge is 0.481 e. The van der Waals surface area contributed by atoms with Crippen molar-refractivity contribution < 1.29 is 19.5 Å². The van der Waals surface area contributed by atoms with Crippen molar-refractivity contribution in [3.8, 4) is 0 Å². The number of aliphatic carboxylic acids is 1. The molecule has 1 saturated heterocycles. The first kappa shape index (κ1) is 16.6. The van der Waals surface area contributed by atoms with Crippen LogP contribution in [0.3, 0.4) is 0 Å². The van der Waals surface area contributed by atoms with Gasteiger partial charge < -0.3 is 15.3 Å². The maximum Gasteiger partial charge on any atom is 0.313 e. The molecule has 0 spiro atoms. The molecule has 0 aromatic heterocycles. The van der Waals surface area contributed by atoms with Gasteiger partial charge in [-0.25, -0.2) is 0 Å². The number of amides is 2. The van der Waals surface area contributed by atoms with Crippen molar-refractivity contribution in [1.29, 1.82) is 0 Å². The predicted molar refractivity (Wildman–Crippen MR) is 83.9 cm³/mol. The molecule has 1 aliphatic rings. The minimum atomic E-state index is -0.975. The Bertz CT molecular complexity index is 596. The molecule has 1 aromatic carbocycles. The Hall–Kier alpha value is -1.73. The zero-order valence-corrected chi connectivity index (χ0v) is 13.2. The van der Waals surface area contributed by atoms with Gasteiger partial charge in [0.15, 0.2) is 0 Å². The van der Waals surface area contributed by atoms with Gasteiger partial charge in [-0.05, 0) is 6.07 Å². The van der Waals surface area contributed by atoms with Crippen LogP contribution < -0.4 is 5.32 Å². The smallest absolute Gasteiger partial charge is 0.313 e. The molecule has 8 heteroatoms. The molecule has 1 atom stereocenters. The Kier molecular flexibility index (Phi) is 5.68. The molecule has 1 unspecified atom stereocenters. The lowest BCUT2D eigenvalue weighted by Crippen LogP contribution is -2.52. The van der Waals surface area contributed by atoms with Crippen LogP contribution in [0.25, 0.3) is 0 Å². The molecule has 2 N–H and O–H groups in total. The van der Waals surface area contributed by atoms with E-state index in [1.807, 2.05) is 0 Å². The van der Waals surface area contributed by atoms with Gasteiger partial charge in [-0.15, -0.1) is 11.8 Å². The molecule has 1 aromatic rings. The normalized spacial score (nSPS) is 18.0. The maximum atomic E-state index is 12.3. The Morgan fingerprint density at radius 2 is 2.09 bits per heavy atom. The van der Waals surface area contributed by atoms with E-state index in [-0.39, 0.29) is 23.3 Å². The molecule has 0 aliphatic carbocycles. The summed E-state index contributed by atoms with van der Waals surface area (Å²) in [5.74, 6) is -1.66. The lowest BCUT2D eigenvalue weighted by molar-refractivity contribution is -0.141. The van der Waals surface area contributed by atoms with Crippen molar-refractivity contribution in [3.05, 3.63) is 34.9 Å². The quantitative estimate of drug-likeness (QED) is 0.838. The van der Waals surface area contributed by atoms with Crippen LogP contribution in [-0.2, 0) is 14.4 Å². The third kappa shape index (κ3) is 3.92. The number of benzene rings is 1. The monoisotopic (exact) mass is 342 g/mol. The second-order valence-corrected chi connectivity index (χ2v) is 6.08. The van der Waals surface area contributed by atoms with Crippen LogP contribution in [-0.4, -0.2) is 52.4 Å². The van der Waals surface area contributed by atoms with E-state index in [9.17, 15) is 14.4 Å². The Balaban J connectivity index is 2.17. The van der Waals surface area contributed by atoms with Gasteiger partial charge in [0.25, 0.3) is 0 Å². The number of nitrogens with one attached hydrogen (secondary N) is 1. The van der Waals surface area contributed by atoms with Crippen molar-refractivity contribution in [1.82, 2.24) is 10.2 Å². The first-order chi connectivity index (χ1) is 10.5. The van der Waals surface area contributed by atoms with E-state index in [1.54, 1.807) is 24.3 Å². The highest BCUT2D eigenvalue weighted by Crippen LogP contribution is 2.29. The molecule has 0 bridgehead atoms. The number of carboxylic acid groups (broad SMARTS) is 1. The third-order valence-electron chi connectivity index (χ3n) is 3.18. The zero-order valence-electron chi connectivity index (χ0n) is 11.6. The second-order valence-electron chi connectivity index (χ2n) is 4.69. The Morgan fingerprint density at radius 3 is 2.77 bits per heavy atom. The standard InChI is InChI=1S/C14H15ClN2O4S/c15-10-4-2-1-3-9(10)13-14(21)16-5-6-17(13)11(18)7-22-8-12(19)20/h1-4,13H,5-8H2,(H,16,21)(H,19,20). The summed E-state index contributed by atoms with van der Waals surface area (Å²) >= 11 is 7.15. The van der Waals surface area contributed by atoms with Gasteiger partial charge in [0, 0.05) is 23.7 Å². The molecule has 0 radical (unpaired) electrons. The van der Waals surface area contributed by atoms with Crippen LogP contribution in [0, 0.1) is 0 Å². The Labute approximate surface area is 136 Å². The summed E-state index contributed by atoms with van der Waals surface area (Å²) in [5, 5.41) is 11.8. The molecule has 0 saturated carbocycles. The molecule has 22 heavy (non-hydrogen) atoms. The van der Waals surface area contributed by atoms with E-state index in [1.165, 1.54) is 4.90 Å². The Morgan fingerprint density at radius 1 is 1.36 bits per heavy atom. The van der Waals surface area contributed by atoms with Crippen LogP contribution in [0.4, 0.5) is 0 Å². The van der Waals surface area contributed by atoms with Gasteiger partial charge in [0.2, 0.25) is 11.8 Å². The van der Waals surface area contributed by atoms with Gasteiger partial charge >= 0.3 is 5.97 Å². The van der Waals surface area contributed by atoms with E-state index in [4.69, 9.17) is 16.7 Å². The summed E-state index contributed by atoms with van der Waals surface area (Å²) in [6.45, 7) is 0.739. The maximum absolute atomic E-state index is 12.3. The average Bonchev–Trinajstić information content (AvgIpc) is 2.47. The molecular weight excluding hydrogens is 328 g/mol. The van der Waals surface area contributed by atoms with Crippen molar-refractivity contribution in [3.63, 3.8) is 0 Å². The fraction of sp³-hybridized carbons (Fsp3) is 0.357. The summed E-state index contributed by atoms with van der Waals surface area (Å²) in [5.41, 5.74) is 0.568. The summed E-state index contributed by atoms with van der Waals surface area (Å²) in [6, 6.07) is 6.11. The van der Waals surface area contributed by atoms with E-state index in [0.29, 0.717) is 23.7 Å². The number of hydrogen-bond acceptors (Lipinski definition) is 4. The highest BCUT2D eigenvalue weighted by Gasteiger charge is 2.35. The number of hydrogen-bond donors (Lipinski definition) is 2. The lowest BCUT2D eigenvalue weighted by atomic mass is 10.0. The summed E-state index contributed by atoms with van der Waals surface area (Å²) in [4.78, 5) is 36.5. The number of piperazine rings is 1. The molecule has 1 aliphatic heterocycles. The molecule has 1 heterocycles. The predicted octanol–water partition coefficient (Wildman–Crippen LogP) is 1.16. The first-order valence-electron chi connectivity index (χ1n) is 6.62. The second kappa shape index (κ2) is 7.51. The van der Waals surface area contributed by atoms with Crippen molar-refractivity contribution in [2.45, 2.75) is 6.04 Å².